The molecular formula is C19H19NO6S. The molecule has 2 aliphatic rings. The molecule has 27 heavy (non-hydrogen) atoms. The molecule has 1 amide bonds. The maximum absolute atomic E-state index is 12.8. The number of sulfone groups is 1. The van der Waals surface area contributed by atoms with Crippen molar-refractivity contribution in [2.24, 2.45) is 0 Å². The summed E-state index contributed by atoms with van der Waals surface area (Å²) in [5.41, 5.74) is 1.29. The molecule has 0 aliphatic carbocycles. The Morgan fingerprint density at radius 2 is 1.81 bits per heavy atom. The van der Waals surface area contributed by atoms with Gasteiger partial charge in [0.1, 0.15) is 5.75 Å². The van der Waals surface area contributed by atoms with Crippen LogP contribution in [0.4, 0.5) is 5.69 Å². The predicted molar refractivity (Wildman–Crippen MR) is 98.0 cm³/mol. The Morgan fingerprint density at radius 3 is 2.59 bits per heavy atom. The lowest BCUT2D eigenvalue weighted by Crippen LogP contribution is -2.44. The highest BCUT2D eigenvalue weighted by Crippen LogP contribution is 2.38. The third-order valence-corrected chi connectivity index (χ3v) is 6.39. The summed E-state index contributed by atoms with van der Waals surface area (Å²) in [5.74, 6) is 1.53. The molecule has 2 aromatic rings. The third kappa shape index (κ3) is 3.10. The van der Waals surface area contributed by atoms with Crippen LogP contribution in [-0.4, -0.2) is 33.0 Å². The van der Waals surface area contributed by atoms with E-state index in [0.717, 1.165) is 5.56 Å². The van der Waals surface area contributed by atoms with Gasteiger partial charge in [-0.05, 0) is 42.8 Å². The van der Waals surface area contributed by atoms with Crippen LogP contribution in [0.1, 0.15) is 19.4 Å². The van der Waals surface area contributed by atoms with Crippen LogP contribution >= 0.6 is 0 Å². The quantitative estimate of drug-likeness (QED) is 0.799. The van der Waals surface area contributed by atoms with Crippen molar-refractivity contribution in [3.05, 3.63) is 42.0 Å². The fourth-order valence-electron chi connectivity index (χ4n) is 3.13. The zero-order valence-corrected chi connectivity index (χ0v) is 15.8. The number of amides is 1. The normalized spacial score (nSPS) is 18.2. The van der Waals surface area contributed by atoms with Crippen molar-refractivity contribution in [1.82, 2.24) is 0 Å². The SMILES string of the molecule is CCS(=O)(=O)c1ccc2c(c1)N(Cc1ccc3c(c1)OCO3)C(=O)C(C)O2. The molecule has 4 rings (SSSR count). The van der Waals surface area contributed by atoms with Gasteiger partial charge in [-0.25, -0.2) is 8.42 Å². The van der Waals surface area contributed by atoms with E-state index in [-0.39, 0.29) is 29.9 Å². The van der Waals surface area contributed by atoms with Gasteiger partial charge >= 0.3 is 0 Å². The van der Waals surface area contributed by atoms with Crippen molar-refractivity contribution < 1.29 is 27.4 Å². The molecule has 2 aromatic carbocycles. The van der Waals surface area contributed by atoms with E-state index in [1.165, 1.54) is 12.1 Å². The van der Waals surface area contributed by atoms with Gasteiger partial charge < -0.3 is 19.1 Å². The molecule has 0 fully saturated rings. The molecule has 0 N–H and O–H groups in total. The monoisotopic (exact) mass is 389 g/mol. The molecule has 8 heteroatoms. The average Bonchev–Trinajstić information content (AvgIpc) is 3.13. The second-order valence-corrected chi connectivity index (χ2v) is 8.68. The standard InChI is InChI=1S/C19H19NO6S/c1-3-27(22,23)14-5-7-16-15(9-14)20(19(21)12(2)26-16)10-13-4-6-17-18(8-13)25-11-24-17/h4-9,12H,3,10-11H2,1-2H3. The van der Waals surface area contributed by atoms with Gasteiger partial charge in [-0.3, -0.25) is 4.79 Å². The van der Waals surface area contributed by atoms with Crippen LogP contribution in [0.2, 0.25) is 0 Å². The van der Waals surface area contributed by atoms with Gasteiger partial charge in [0, 0.05) is 0 Å². The van der Waals surface area contributed by atoms with Gasteiger partial charge in [0.2, 0.25) is 6.79 Å². The lowest BCUT2D eigenvalue weighted by Gasteiger charge is -2.33. The van der Waals surface area contributed by atoms with Gasteiger partial charge in [0.05, 0.1) is 22.9 Å². The molecular weight excluding hydrogens is 370 g/mol. The summed E-state index contributed by atoms with van der Waals surface area (Å²) in [4.78, 5) is 14.5. The highest BCUT2D eigenvalue weighted by molar-refractivity contribution is 7.91. The molecule has 0 spiro atoms. The van der Waals surface area contributed by atoms with E-state index in [9.17, 15) is 13.2 Å². The molecule has 0 saturated carbocycles. The first-order valence-corrected chi connectivity index (χ1v) is 10.3. The molecule has 2 aliphatic heterocycles. The number of benzene rings is 2. The van der Waals surface area contributed by atoms with Crippen LogP contribution in [0, 0.1) is 0 Å². The fraction of sp³-hybridized carbons (Fsp3) is 0.316. The van der Waals surface area contributed by atoms with Gasteiger partial charge in [-0.2, -0.15) is 0 Å². The largest absolute Gasteiger partial charge is 0.479 e. The summed E-state index contributed by atoms with van der Waals surface area (Å²) in [6.07, 6.45) is -0.653. The van der Waals surface area contributed by atoms with E-state index >= 15 is 0 Å². The second kappa shape index (κ2) is 6.45. The summed E-state index contributed by atoms with van der Waals surface area (Å²) in [6.45, 7) is 3.71. The van der Waals surface area contributed by atoms with Crippen molar-refractivity contribution in [1.29, 1.82) is 0 Å². The van der Waals surface area contributed by atoms with E-state index < -0.39 is 15.9 Å². The Labute approximate surface area is 157 Å². The summed E-state index contributed by atoms with van der Waals surface area (Å²) < 4.78 is 40.9. The maximum Gasteiger partial charge on any atom is 0.268 e. The Hall–Kier alpha value is -2.74. The number of carbonyl (C=O) groups excluding carboxylic acids is 1. The number of carbonyl (C=O) groups is 1. The van der Waals surface area contributed by atoms with E-state index in [0.29, 0.717) is 22.9 Å². The minimum atomic E-state index is -3.40. The van der Waals surface area contributed by atoms with Crippen LogP contribution < -0.4 is 19.1 Å². The molecule has 0 bridgehead atoms. The topological polar surface area (TPSA) is 82.1 Å². The number of hydrogen-bond donors (Lipinski definition) is 0. The number of nitrogens with zero attached hydrogens (tertiary/aromatic N) is 1. The Bertz CT molecular complexity index is 1020. The molecule has 0 radical (unpaired) electrons. The second-order valence-electron chi connectivity index (χ2n) is 6.41. The fourth-order valence-corrected chi connectivity index (χ4v) is 4.03. The summed E-state index contributed by atoms with van der Waals surface area (Å²) in [6, 6.07) is 10.1. The summed E-state index contributed by atoms with van der Waals surface area (Å²) >= 11 is 0. The van der Waals surface area contributed by atoms with E-state index in [1.807, 2.05) is 12.1 Å². The zero-order valence-electron chi connectivity index (χ0n) is 15.0. The van der Waals surface area contributed by atoms with Gasteiger partial charge in [0.15, 0.2) is 27.4 Å². The Kier molecular flexibility index (Phi) is 4.22. The third-order valence-electron chi connectivity index (χ3n) is 4.66. The Morgan fingerprint density at radius 1 is 1.07 bits per heavy atom. The van der Waals surface area contributed by atoms with Gasteiger partial charge in [-0.15, -0.1) is 0 Å². The van der Waals surface area contributed by atoms with E-state index in [4.69, 9.17) is 14.2 Å². The highest BCUT2D eigenvalue weighted by atomic mass is 32.2. The summed E-state index contributed by atoms with van der Waals surface area (Å²) in [7, 11) is -3.40. The zero-order chi connectivity index (χ0) is 19.2. The molecule has 1 unspecified atom stereocenters. The first-order valence-electron chi connectivity index (χ1n) is 8.62. The molecule has 2 heterocycles. The average molecular weight is 389 g/mol. The molecule has 0 aromatic heterocycles. The minimum absolute atomic E-state index is 0.0147. The number of fused-ring (bicyclic) bond motifs is 2. The van der Waals surface area contributed by atoms with Crippen LogP contribution in [0.25, 0.3) is 0 Å². The van der Waals surface area contributed by atoms with Crippen LogP contribution in [0.15, 0.2) is 41.3 Å². The first kappa shape index (κ1) is 17.7. The Balaban J connectivity index is 1.74. The lowest BCUT2D eigenvalue weighted by molar-refractivity contribution is -0.125. The van der Waals surface area contributed by atoms with Crippen LogP contribution in [-0.2, 0) is 21.2 Å². The van der Waals surface area contributed by atoms with Crippen molar-refractivity contribution in [2.75, 3.05) is 17.4 Å². The van der Waals surface area contributed by atoms with E-state index in [2.05, 4.69) is 0 Å². The summed E-state index contributed by atoms with van der Waals surface area (Å²) in [5, 5.41) is 0. The number of anilines is 1. The maximum atomic E-state index is 12.8. The molecule has 142 valence electrons. The van der Waals surface area contributed by atoms with Crippen molar-refractivity contribution in [2.45, 2.75) is 31.4 Å². The molecule has 0 saturated heterocycles. The highest BCUT2D eigenvalue weighted by Gasteiger charge is 2.33. The van der Waals surface area contributed by atoms with Crippen LogP contribution in [0.3, 0.4) is 0 Å². The number of rotatable bonds is 4. The van der Waals surface area contributed by atoms with Crippen LogP contribution in [0.5, 0.6) is 17.2 Å². The predicted octanol–water partition coefficient (Wildman–Crippen LogP) is 2.52. The number of ether oxygens (including phenoxy) is 3. The minimum Gasteiger partial charge on any atom is -0.479 e. The molecule has 1 atom stereocenters. The lowest BCUT2D eigenvalue weighted by atomic mass is 10.1. The van der Waals surface area contributed by atoms with Crippen molar-refractivity contribution in [3.8, 4) is 17.2 Å². The van der Waals surface area contributed by atoms with Gasteiger partial charge in [-0.1, -0.05) is 13.0 Å². The van der Waals surface area contributed by atoms with E-state index in [1.54, 1.807) is 30.9 Å². The van der Waals surface area contributed by atoms with Crippen molar-refractivity contribution >= 4 is 21.4 Å². The van der Waals surface area contributed by atoms with Crippen molar-refractivity contribution in [3.63, 3.8) is 0 Å². The molecule has 7 nitrogen and oxygen atoms in total. The smallest absolute Gasteiger partial charge is 0.268 e. The first-order chi connectivity index (χ1) is 12.9. The van der Waals surface area contributed by atoms with Gasteiger partial charge in [0.25, 0.3) is 5.91 Å². The number of hydrogen-bond acceptors (Lipinski definition) is 6.